The summed E-state index contributed by atoms with van der Waals surface area (Å²) in [5, 5.41) is 0. The van der Waals surface area contributed by atoms with Crippen LogP contribution in [0.4, 0.5) is 0 Å². The standard InChI is InChI=1S/C26H18GeN4S2/c1-27(2)17-13-21(15-5-3-7-19-23(15)30-11-9-28-19)32-25(17)26-18(27)14-22(33-26)16-6-4-8-20-24(16)31-12-10-29-20/h3-14H,1-2H3. The SMILES string of the molecule is [CH3][Ge]1([CH3])[c]2cc(-c3cccc4nccnc34)sc2-c2sc(-c3cccc4nccnc34)c[c]21. The van der Waals surface area contributed by atoms with Crippen molar-refractivity contribution in [2.45, 2.75) is 11.5 Å². The van der Waals surface area contributed by atoms with Gasteiger partial charge in [-0.3, -0.25) is 0 Å². The first-order chi connectivity index (χ1) is 16.1. The van der Waals surface area contributed by atoms with Crippen LogP contribution in [0.2, 0.25) is 11.5 Å². The van der Waals surface area contributed by atoms with Gasteiger partial charge in [-0.2, -0.15) is 0 Å². The molecule has 0 amide bonds. The van der Waals surface area contributed by atoms with E-state index in [-0.39, 0.29) is 0 Å². The molecule has 0 bridgehead atoms. The van der Waals surface area contributed by atoms with Crippen molar-refractivity contribution in [3.05, 3.63) is 73.3 Å². The normalized spacial score (nSPS) is 14.0. The molecule has 0 saturated carbocycles. The van der Waals surface area contributed by atoms with E-state index in [1.165, 1.54) is 30.6 Å². The molecule has 1 aliphatic heterocycles. The molecule has 0 atom stereocenters. The number of thiophene rings is 2. The first kappa shape index (κ1) is 19.5. The second-order valence-electron chi connectivity index (χ2n) is 8.79. The van der Waals surface area contributed by atoms with Crippen molar-refractivity contribution in [1.82, 2.24) is 19.9 Å². The Bertz CT molecular complexity index is 1580. The van der Waals surface area contributed by atoms with Gasteiger partial charge in [-0.15, -0.1) is 0 Å². The molecule has 6 aromatic rings. The third-order valence-corrected chi connectivity index (χ3v) is 17.1. The predicted molar refractivity (Wildman–Crippen MR) is 141 cm³/mol. The van der Waals surface area contributed by atoms with Crippen LogP contribution in [0.3, 0.4) is 0 Å². The monoisotopic (exact) mass is 524 g/mol. The van der Waals surface area contributed by atoms with E-state index in [1.54, 1.807) is 33.6 Å². The van der Waals surface area contributed by atoms with E-state index < -0.39 is 13.3 Å². The van der Waals surface area contributed by atoms with E-state index in [0.717, 1.165) is 22.1 Å². The first-order valence-electron chi connectivity index (χ1n) is 10.8. The summed E-state index contributed by atoms with van der Waals surface area (Å²) in [7, 11) is 0. The fourth-order valence-corrected chi connectivity index (χ4v) is 16.9. The van der Waals surface area contributed by atoms with Crippen LogP contribution in [0.15, 0.2) is 73.3 Å². The number of fused-ring (bicyclic) bond motifs is 5. The van der Waals surface area contributed by atoms with Crippen molar-refractivity contribution in [2.75, 3.05) is 0 Å². The molecule has 0 fully saturated rings. The molecule has 0 aliphatic carbocycles. The average molecular weight is 523 g/mol. The van der Waals surface area contributed by atoms with Gasteiger partial charge in [0.1, 0.15) is 0 Å². The van der Waals surface area contributed by atoms with Crippen molar-refractivity contribution >= 4 is 66.8 Å². The fourth-order valence-electron chi connectivity index (χ4n) is 4.84. The quantitative estimate of drug-likeness (QED) is 0.268. The Morgan fingerprint density at radius 1 is 0.606 bits per heavy atom. The van der Waals surface area contributed by atoms with Gasteiger partial charge in [0, 0.05) is 0 Å². The Labute approximate surface area is 201 Å². The zero-order chi connectivity index (χ0) is 22.2. The molecular weight excluding hydrogens is 505 g/mol. The van der Waals surface area contributed by atoms with Gasteiger partial charge in [-0.05, 0) is 0 Å². The number of nitrogens with zero attached hydrogens (tertiary/aromatic N) is 4. The Kier molecular flexibility index (Phi) is 4.16. The van der Waals surface area contributed by atoms with Gasteiger partial charge in [-0.25, -0.2) is 0 Å². The van der Waals surface area contributed by atoms with Gasteiger partial charge in [0.2, 0.25) is 0 Å². The summed E-state index contributed by atoms with van der Waals surface area (Å²) in [5.41, 5.74) is 6.21. The summed E-state index contributed by atoms with van der Waals surface area (Å²) in [5.74, 6) is 5.03. The Morgan fingerprint density at radius 2 is 1.06 bits per heavy atom. The molecule has 1 aliphatic rings. The molecule has 4 nitrogen and oxygen atoms in total. The van der Waals surface area contributed by atoms with Crippen LogP contribution in [0.25, 0.3) is 52.7 Å². The maximum atomic E-state index is 4.64. The van der Waals surface area contributed by atoms with E-state index in [2.05, 4.69) is 67.8 Å². The molecule has 2 aromatic carbocycles. The minimum absolute atomic E-state index is 0.945. The number of hydrogen-bond donors (Lipinski definition) is 0. The predicted octanol–water partition coefficient (Wildman–Crippen LogP) is 5.83. The zero-order valence-corrected chi connectivity index (χ0v) is 21.8. The molecule has 0 unspecified atom stereocenters. The van der Waals surface area contributed by atoms with Crippen molar-refractivity contribution in [2.24, 2.45) is 0 Å². The van der Waals surface area contributed by atoms with Crippen molar-refractivity contribution in [3.63, 3.8) is 0 Å². The van der Waals surface area contributed by atoms with Crippen LogP contribution in [-0.2, 0) is 0 Å². The Hall–Kier alpha value is -2.94. The number of aromatic nitrogens is 4. The molecule has 4 aromatic heterocycles. The first-order valence-corrected chi connectivity index (χ1v) is 18.7. The van der Waals surface area contributed by atoms with E-state index in [9.17, 15) is 0 Å². The number of para-hydroxylation sites is 2. The molecule has 7 heteroatoms. The van der Waals surface area contributed by atoms with Crippen LogP contribution in [0.5, 0.6) is 0 Å². The average Bonchev–Trinajstić information content (AvgIpc) is 3.52. The van der Waals surface area contributed by atoms with Gasteiger partial charge >= 0.3 is 202 Å². The summed E-state index contributed by atoms with van der Waals surface area (Å²) in [6, 6.07) is 17.5. The van der Waals surface area contributed by atoms with Gasteiger partial charge in [0.25, 0.3) is 0 Å². The summed E-state index contributed by atoms with van der Waals surface area (Å²) >= 11 is 1.42. The molecule has 0 radical (unpaired) electrons. The minimum atomic E-state index is -2.40. The Morgan fingerprint density at radius 3 is 1.55 bits per heavy atom. The van der Waals surface area contributed by atoms with Gasteiger partial charge < -0.3 is 0 Å². The van der Waals surface area contributed by atoms with Crippen LogP contribution < -0.4 is 8.79 Å². The van der Waals surface area contributed by atoms with Crippen LogP contribution in [0, 0.1) is 0 Å². The third kappa shape index (κ3) is 2.81. The van der Waals surface area contributed by atoms with E-state index in [1.807, 2.05) is 34.8 Å². The molecule has 0 saturated heterocycles. The molecule has 158 valence electrons. The van der Waals surface area contributed by atoms with E-state index in [0.29, 0.717) is 0 Å². The molecule has 0 N–H and O–H groups in total. The zero-order valence-electron chi connectivity index (χ0n) is 18.0. The van der Waals surface area contributed by atoms with Crippen LogP contribution in [-0.4, -0.2) is 33.2 Å². The summed E-state index contributed by atoms with van der Waals surface area (Å²) < 4.78 is 3.17. The van der Waals surface area contributed by atoms with Gasteiger partial charge in [-0.1, -0.05) is 0 Å². The Balaban J connectivity index is 1.41. The second kappa shape index (κ2) is 7.03. The number of hydrogen-bond acceptors (Lipinski definition) is 6. The number of benzene rings is 2. The molecule has 33 heavy (non-hydrogen) atoms. The molecular formula is C26H18GeN4S2. The van der Waals surface area contributed by atoms with Crippen molar-refractivity contribution in [3.8, 4) is 30.6 Å². The van der Waals surface area contributed by atoms with E-state index >= 15 is 0 Å². The maximum absolute atomic E-state index is 4.64. The molecule has 7 rings (SSSR count). The van der Waals surface area contributed by atoms with Crippen LogP contribution in [0.1, 0.15) is 0 Å². The molecule has 5 heterocycles. The topological polar surface area (TPSA) is 51.6 Å². The second-order valence-corrected chi connectivity index (χ2v) is 20.0. The van der Waals surface area contributed by atoms with Gasteiger partial charge in [0.15, 0.2) is 0 Å². The third-order valence-electron chi connectivity index (χ3n) is 6.55. The summed E-state index contributed by atoms with van der Waals surface area (Å²) in [6.07, 6.45) is 7.09. The molecule has 0 spiro atoms. The van der Waals surface area contributed by atoms with E-state index in [4.69, 9.17) is 0 Å². The summed E-state index contributed by atoms with van der Waals surface area (Å²) in [4.78, 5) is 23.8. The summed E-state index contributed by atoms with van der Waals surface area (Å²) in [6.45, 7) is 0. The van der Waals surface area contributed by atoms with Gasteiger partial charge in [0.05, 0.1) is 0 Å². The number of rotatable bonds is 2. The fraction of sp³-hybridized carbons (Fsp3) is 0.0769. The van der Waals surface area contributed by atoms with Crippen molar-refractivity contribution in [1.29, 1.82) is 0 Å². The van der Waals surface area contributed by atoms with Crippen LogP contribution >= 0.6 is 22.7 Å². The van der Waals surface area contributed by atoms with Crippen molar-refractivity contribution < 1.29 is 0 Å².